The smallest absolute Gasteiger partial charge is 0.410 e. The first-order chi connectivity index (χ1) is 19.1. The molecule has 1 aromatic heterocycles. The summed E-state index contributed by atoms with van der Waals surface area (Å²) in [6.45, 7) is 7.69. The number of benzene rings is 2. The fourth-order valence-electron chi connectivity index (χ4n) is 4.91. The molecule has 40 heavy (non-hydrogen) atoms. The Labute approximate surface area is 245 Å². The molecule has 0 unspecified atom stereocenters. The Kier molecular flexibility index (Phi) is 9.45. The number of halogens is 1. The Balaban J connectivity index is 1.59. The van der Waals surface area contributed by atoms with Gasteiger partial charge in [-0.3, -0.25) is 4.98 Å². The highest BCUT2D eigenvalue weighted by molar-refractivity contribution is 9.10. The number of carbonyl (C=O) groups is 1. The van der Waals surface area contributed by atoms with Gasteiger partial charge in [-0.15, -0.1) is 0 Å². The Bertz CT molecular complexity index is 1280. The summed E-state index contributed by atoms with van der Waals surface area (Å²) < 4.78 is 23.2. The van der Waals surface area contributed by atoms with Gasteiger partial charge in [0.1, 0.15) is 5.60 Å². The molecule has 1 aliphatic heterocycles. The zero-order valence-corrected chi connectivity index (χ0v) is 25.7. The summed E-state index contributed by atoms with van der Waals surface area (Å²) in [5.41, 5.74) is 3.43. The second kappa shape index (κ2) is 12.8. The van der Waals surface area contributed by atoms with Gasteiger partial charge in [0.2, 0.25) is 5.75 Å². The number of likely N-dealkylation sites (tertiary alicyclic amines) is 1. The molecule has 0 bridgehead atoms. The van der Waals surface area contributed by atoms with Crippen molar-refractivity contribution >= 4 is 27.7 Å². The minimum Gasteiger partial charge on any atom is -0.493 e. The van der Waals surface area contributed by atoms with Gasteiger partial charge in [-0.2, -0.15) is 0 Å². The molecule has 0 atom stereocenters. The minimum atomic E-state index is -0.506. The lowest BCUT2D eigenvalue weighted by atomic mass is 10.0. The number of piperidine rings is 1. The summed E-state index contributed by atoms with van der Waals surface area (Å²) in [4.78, 5) is 21.5. The SMILES string of the molecule is COc1cc(-c2cc(CN(c3ccc(Br)cc3)C3CCN(C(=O)OC(C)(C)C)CC3)ccn2)cc(OC)c1OC. The minimum absolute atomic E-state index is 0.245. The van der Waals surface area contributed by atoms with Gasteiger partial charge < -0.3 is 28.7 Å². The van der Waals surface area contributed by atoms with Crippen LogP contribution in [0.2, 0.25) is 0 Å². The molecule has 0 spiro atoms. The highest BCUT2D eigenvalue weighted by atomic mass is 79.9. The first-order valence-corrected chi connectivity index (χ1v) is 14.2. The average molecular weight is 613 g/mol. The van der Waals surface area contributed by atoms with E-state index in [1.165, 1.54) is 0 Å². The summed E-state index contributed by atoms with van der Waals surface area (Å²) in [6.07, 6.45) is 3.28. The van der Waals surface area contributed by atoms with Crippen LogP contribution < -0.4 is 19.1 Å². The van der Waals surface area contributed by atoms with Crippen molar-refractivity contribution in [3.8, 4) is 28.5 Å². The summed E-state index contributed by atoms with van der Waals surface area (Å²) >= 11 is 3.56. The molecule has 214 valence electrons. The van der Waals surface area contributed by atoms with Crippen molar-refractivity contribution in [2.75, 3.05) is 39.3 Å². The van der Waals surface area contributed by atoms with E-state index in [1.807, 2.05) is 50.1 Å². The van der Waals surface area contributed by atoms with E-state index >= 15 is 0 Å². The van der Waals surface area contributed by atoms with Crippen LogP contribution in [0.1, 0.15) is 39.2 Å². The third-order valence-electron chi connectivity index (χ3n) is 6.85. The Morgan fingerprint density at radius 2 is 1.60 bits per heavy atom. The number of rotatable bonds is 8. The van der Waals surface area contributed by atoms with E-state index in [0.717, 1.165) is 39.8 Å². The van der Waals surface area contributed by atoms with Crippen LogP contribution in [0.15, 0.2) is 59.2 Å². The Hall–Kier alpha value is -3.46. The number of ether oxygens (including phenoxy) is 4. The lowest BCUT2D eigenvalue weighted by molar-refractivity contribution is 0.0204. The maximum atomic E-state index is 12.6. The van der Waals surface area contributed by atoms with Crippen LogP contribution in [0.25, 0.3) is 11.3 Å². The van der Waals surface area contributed by atoms with Crippen LogP contribution in [0.5, 0.6) is 17.2 Å². The predicted octanol–water partition coefficient (Wildman–Crippen LogP) is 6.94. The molecule has 0 N–H and O–H groups in total. The molecule has 2 aromatic carbocycles. The molecule has 1 fully saturated rings. The van der Waals surface area contributed by atoms with E-state index in [2.05, 4.69) is 56.1 Å². The van der Waals surface area contributed by atoms with E-state index in [1.54, 1.807) is 21.3 Å². The van der Waals surface area contributed by atoms with Gasteiger partial charge in [-0.05, 0) is 87.7 Å². The van der Waals surface area contributed by atoms with Crippen LogP contribution >= 0.6 is 15.9 Å². The summed E-state index contributed by atoms with van der Waals surface area (Å²) in [6, 6.07) is 16.6. The van der Waals surface area contributed by atoms with Crippen molar-refractivity contribution in [2.24, 2.45) is 0 Å². The molecular weight excluding hydrogens is 574 g/mol. The van der Waals surface area contributed by atoms with Gasteiger partial charge in [-0.1, -0.05) is 15.9 Å². The number of pyridine rings is 1. The first kappa shape index (κ1) is 29.5. The number of nitrogens with zero attached hydrogens (tertiary/aromatic N) is 3. The third-order valence-corrected chi connectivity index (χ3v) is 7.38. The van der Waals surface area contributed by atoms with Crippen molar-refractivity contribution in [3.63, 3.8) is 0 Å². The summed E-state index contributed by atoms with van der Waals surface area (Å²) in [5, 5.41) is 0. The molecule has 1 saturated heterocycles. The number of hydrogen-bond acceptors (Lipinski definition) is 7. The van der Waals surface area contributed by atoms with E-state index in [-0.39, 0.29) is 12.1 Å². The second-order valence-electron chi connectivity index (χ2n) is 10.8. The Morgan fingerprint density at radius 3 is 2.15 bits per heavy atom. The number of anilines is 1. The first-order valence-electron chi connectivity index (χ1n) is 13.4. The standard InChI is InChI=1S/C31H38BrN3O5/c1-31(2,3)40-30(36)34-15-12-25(13-16-34)35(24-9-7-23(32)8-10-24)20-21-11-14-33-26(17-21)22-18-27(37-4)29(39-6)28(19-22)38-5/h7-11,14,17-19,25H,12-13,15-16,20H2,1-6H3. The van der Waals surface area contributed by atoms with E-state index < -0.39 is 5.60 Å². The third kappa shape index (κ3) is 7.18. The summed E-state index contributed by atoms with van der Waals surface area (Å²) in [5.74, 6) is 1.71. The number of carbonyl (C=O) groups excluding carboxylic acids is 1. The van der Waals surface area contributed by atoms with Crippen molar-refractivity contribution in [1.29, 1.82) is 0 Å². The molecule has 3 aromatic rings. The molecule has 4 rings (SSSR count). The predicted molar refractivity (Wildman–Crippen MR) is 160 cm³/mol. The molecule has 1 aliphatic rings. The quantitative estimate of drug-likeness (QED) is 0.273. The fraction of sp³-hybridized carbons (Fsp3) is 0.419. The van der Waals surface area contributed by atoms with Crippen LogP contribution in [-0.4, -0.2) is 62.0 Å². The van der Waals surface area contributed by atoms with E-state index in [9.17, 15) is 4.79 Å². The van der Waals surface area contributed by atoms with E-state index in [0.29, 0.717) is 36.9 Å². The number of hydrogen-bond donors (Lipinski definition) is 0. The molecule has 1 amide bonds. The Morgan fingerprint density at radius 1 is 0.975 bits per heavy atom. The van der Waals surface area contributed by atoms with Gasteiger partial charge in [0, 0.05) is 47.6 Å². The molecule has 9 heteroatoms. The normalized spacial score (nSPS) is 14.0. The maximum Gasteiger partial charge on any atom is 0.410 e. The van der Waals surface area contributed by atoms with Crippen molar-refractivity contribution in [3.05, 3.63) is 64.8 Å². The van der Waals surface area contributed by atoms with Gasteiger partial charge in [0.15, 0.2) is 11.5 Å². The average Bonchev–Trinajstić information content (AvgIpc) is 2.95. The van der Waals surface area contributed by atoms with Crippen LogP contribution in [-0.2, 0) is 11.3 Å². The maximum absolute atomic E-state index is 12.6. The van der Waals surface area contributed by atoms with Crippen LogP contribution in [0, 0.1) is 0 Å². The van der Waals surface area contributed by atoms with Gasteiger partial charge >= 0.3 is 6.09 Å². The zero-order valence-electron chi connectivity index (χ0n) is 24.1. The molecule has 0 aliphatic carbocycles. The van der Waals surface area contributed by atoms with E-state index in [4.69, 9.17) is 18.9 Å². The van der Waals surface area contributed by atoms with Gasteiger partial charge in [0.05, 0.1) is 27.0 Å². The number of methoxy groups -OCH3 is 3. The molecule has 2 heterocycles. The lowest BCUT2D eigenvalue weighted by Gasteiger charge is -2.40. The van der Waals surface area contributed by atoms with Crippen molar-refractivity contribution in [2.45, 2.75) is 51.8 Å². The molecule has 0 saturated carbocycles. The lowest BCUT2D eigenvalue weighted by Crippen LogP contribution is -2.48. The molecular formula is C31H38BrN3O5. The molecule has 8 nitrogen and oxygen atoms in total. The second-order valence-corrected chi connectivity index (χ2v) is 11.7. The highest BCUT2D eigenvalue weighted by Gasteiger charge is 2.30. The van der Waals surface area contributed by atoms with Gasteiger partial charge in [0.25, 0.3) is 0 Å². The zero-order chi connectivity index (χ0) is 28.9. The van der Waals surface area contributed by atoms with Gasteiger partial charge in [-0.25, -0.2) is 4.79 Å². The van der Waals surface area contributed by atoms with Crippen molar-refractivity contribution < 1.29 is 23.7 Å². The number of aromatic nitrogens is 1. The topological polar surface area (TPSA) is 73.4 Å². The fourth-order valence-corrected chi connectivity index (χ4v) is 5.17. The van der Waals surface area contributed by atoms with Crippen LogP contribution in [0.3, 0.4) is 0 Å². The largest absolute Gasteiger partial charge is 0.493 e. The van der Waals surface area contributed by atoms with Crippen molar-refractivity contribution in [1.82, 2.24) is 9.88 Å². The van der Waals surface area contributed by atoms with Crippen LogP contribution in [0.4, 0.5) is 10.5 Å². The summed E-state index contributed by atoms with van der Waals surface area (Å²) in [7, 11) is 4.80. The highest BCUT2D eigenvalue weighted by Crippen LogP contribution is 2.41. The molecule has 0 radical (unpaired) electrons. The number of amides is 1. The monoisotopic (exact) mass is 611 g/mol.